The Bertz CT molecular complexity index is 3410. The van der Waals surface area contributed by atoms with Crippen molar-refractivity contribution in [3.05, 3.63) is 161 Å². The maximum atomic E-state index is 16.3. The number of nitrogens with zero attached hydrogens (tertiary/aromatic N) is 7. The molecule has 0 fully saturated rings. The van der Waals surface area contributed by atoms with Crippen molar-refractivity contribution in [1.29, 1.82) is 5.26 Å². The van der Waals surface area contributed by atoms with Gasteiger partial charge in [-0.25, -0.2) is 31.3 Å². The molecule has 0 bridgehead atoms. The van der Waals surface area contributed by atoms with Gasteiger partial charge in [-0.15, -0.1) is 21.5 Å². The topological polar surface area (TPSA) is 264 Å². The van der Waals surface area contributed by atoms with Crippen molar-refractivity contribution in [3.63, 3.8) is 0 Å². The molecule has 0 saturated heterocycles. The van der Waals surface area contributed by atoms with E-state index in [9.17, 15) is 15.2 Å². The van der Waals surface area contributed by atoms with Crippen LogP contribution in [-0.2, 0) is 50.8 Å². The standard InChI is InChI=1S/C50H47N9O10S3/c1-66-36-18-12-33(13-19-36)28-58(29-34-14-20-37(67-2)21-15-34)72(64,65)48-44(71(62,63)56-41(31-69-50(52)61)42(60)26-32-8-5-4-6-9-32)25-24-39(40-10-7-11-43-47(40)53-45(27-51)70-43)46(48)49-54-57-59(55-49)30-35-16-22-38(68-3)23-17-35/h4-25,41-42,56,60H,26,28-31H2,1-3H3,(H2,52,61). The number of nitrogens with one attached hydrogen (secondary N) is 1. The number of sulfonamides is 2. The van der Waals surface area contributed by atoms with Crippen LogP contribution in [-0.4, -0.2) is 97.6 Å². The Labute approximate surface area is 419 Å². The van der Waals surface area contributed by atoms with Gasteiger partial charge in [0.25, 0.3) is 0 Å². The van der Waals surface area contributed by atoms with Gasteiger partial charge in [-0.05, 0) is 81.6 Å². The van der Waals surface area contributed by atoms with Crippen molar-refractivity contribution < 1.29 is 45.7 Å². The van der Waals surface area contributed by atoms with Crippen LogP contribution in [0, 0.1) is 11.3 Å². The van der Waals surface area contributed by atoms with Gasteiger partial charge in [0.2, 0.25) is 25.9 Å². The summed E-state index contributed by atoms with van der Waals surface area (Å²) in [6.07, 6.45) is -2.88. The summed E-state index contributed by atoms with van der Waals surface area (Å²) in [5, 5.41) is 35.1. The molecule has 0 aliphatic rings. The lowest BCUT2D eigenvalue weighted by Crippen LogP contribution is -2.48. The largest absolute Gasteiger partial charge is 0.497 e. The number of amides is 1. The number of hydrogen-bond donors (Lipinski definition) is 3. The molecule has 0 saturated carbocycles. The van der Waals surface area contributed by atoms with Crippen LogP contribution in [0.25, 0.3) is 32.7 Å². The highest BCUT2D eigenvalue weighted by Gasteiger charge is 2.40. The van der Waals surface area contributed by atoms with E-state index in [1.54, 1.807) is 121 Å². The number of carbonyl (C=O) groups is 1. The minimum Gasteiger partial charge on any atom is -0.497 e. The van der Waals surface area contributed by atoms with Gasteiger partial charge in [-0.2, -0.15) is 14.4 Å². The molecule has 0 aliphatic heterocycles. The smallest absolute Gasteiger partial charge is 0.404 e. The number of nitrogens with two attached hydrogens (primary N) is 1. The van der Waals surface area contributed by atoms with Gasteiger partial charge < -0.3 is 29.8 Å². The molecule has 8 rings (SSSR count). The number of para-hydroxylation sites is 1. The average molecular weight is 1030 g/mol. The van der Waals surface area contributed by atoms with E-state index in [4.69, 9.17) is 29.8 Å². The first-order valence-corrected chi connectivity index (χ1v) is 25.7. The third-order valence-corrected chi connectivity index (χ3v) is 15.9. The number of methoxy groups -OCH3 is 3. The lowest BCUT2D eigenvalue weighted by Gasteiger charge is -2.28. The predicted molar refractivity (Wildman–Crippen MR) is 267 cm³/mol. The predicted octanol–water partition coefficient (Wildman–Crippen LogP) is 6.30. The third kappa shape index (κ3) is 11.5. The first kappa shape index (κ1) is 50.6. The molecule has 2 unspecified atom stereocenters. The summed E-state index contributed by atoms with van der Waals surface area (Å²) >= 11 is 1.11. The summed E-state index contributed by atoms with van der Waals surface area (Å²) in [5.41, 5.74) is 8.22. The van der Waals surface area contributed by atoms with Gasteiger partial charge in [-0.1, -0.05) is 84.9 Å². The fourth-order valence-electron chi connectivity index (χ4n) is 7.88. The first-order chi connectivity index (χ1) is 34.7. The molecule has 370 valence electrons. The fourth-order valence-corrected chi connectivity index (χ4v) is 12.3. The van der Waals surface area contributed by atoms with Crippen molar-refractivity contribution in [2.24, 2.45) is 5.73 Å². The zero-order valence-electron chi connectivity index (χ0n) is 38.9. The van der Waals surface area contributed by atoms with Crippen molar-refractivity contribution in [1.82, 2.24) is 34.2 Å². The summed E-state index contributed by atoms with van der Waals surface area (Å²) in [4.78, 5) is 16.2. The molecule has 6 aromatic carbocycles. The molecule has 0 aliphatic carbocycles. The van der Waals surface area contributed by atoms with Crippen LogP contribution in [0.3, 0.4) is 0 Å². The molecule has 1 amide bonds. The molecule has 0 spiro atoms. The monoisotopic (exact) mass is 1030 g/mol. The van der Waals surface area contributed by atoms with Crippen LogP contribution in [0.4, 0.5) is 4.79 Å². The number of rotatable bonds is 21. The third-order valence-electron chi connectivity index (χ3n) is 11.5. The van der Waals surface area contributed by atoms with Crippen LogP contribution in [0.5, 0.6) is 17.2 Å². The second-order valence-corrected chi connectivity index (χ2v) is 20.8. The maximum absolute atomic E-state index is 16.3. The molecule has 0 radical (unpaired) electrons. The highest BCUT2D eigenvalue weighted by Crippen LogP contribution is 2.44. The average Bonchev–Trinajstić information content (AvgIpc) is 4.05. The van der Waals surface area contributed by atoms with Crippen LogP contribution in [0.1, 0.15) is 27.3 Å². The van der Waals surface area contributed by atoms with E-state index >= 15 is 16.8 Å². The Kier molecular flexibility index (Phi) is 15.5. The van der Waals surface area contributed by atoms with E-state index in [1.165, 1.54) is 32.2 Å². The molecule has 4 N–H and O–H groups in total. The zero-order chi connectivity index (χ0) is 51.0. The Morgan fingerprint density at radius 3 is 1.94 bits per heavy atom. The number of aliphatic hydroxyl groups is 1. The van der Waals surface area contributed by atoms with E-state index in [-0.39, 0.29) is 48.0 Å². The molecule has 22 heteroatoms. The Balaban J connectivity index is 1.39. The van der Waals surface area contributed by atoms with Gasteiger partial charge in [0, 0.05) is 25.1 Å². The number of thiazole rings is 1. The zero-order valence-corrected chi connectivity index (χ0v) is 41.4. The minimum absolute atomic E-state index is 0.0586. The van der Waals surface area contributed by atoms with E-state index < -0.39 is 54.7 Å². The number of benzene rings is 6. The molecular formula is C50H47N9O10S3. The lowest BCUT2D eigenvalue weighted by molar-refractivity contribution is 0.0852. The van der Waals surface area contributed by atoms with Gasteiger partial charge in [0.05, 0.1) is 55.8 Å². The number of aliphatic hydroxyl groups excluding tert-OH is 1. The van der Waals surface area contributed by atoms with Crippen molar-refractivity contribution in [2.75, 3.05) is 27.9 Å². The number of tetrazole rings is 1. The van der Waals surface area contributed by atoms with Crippen molar-refractivity contribution >= 4 is 47.7 Å². The normalized spacial score (nSPS) is 12.6. The van der Waals surface area contributed by atoms with E-state index in [0.29, 0.717) is 49.7 Å². The Morgan fingerprint density at radius 2 is 1.38 bits per heavy atom. The molecule has 2 atom stereocenters. The van der Waals surface area contributed by atoms with E-state index in [2.05, 4.69) is 26.1 Å². The number of nitriles is 1. The fraction of sp³-hybridized carbons (Fsp3) is 0.200. The summed E-state index contributed by atoms with van der Waals surface area (Å²) in [6.45, 7) is -1.25. The quantitative estimate of drug-likeness (QED) is 0.0713. The highest BCUT2D eigenvalue weighted by atomic mass is 32.2. The van der Waals surface area contributed by atoms with Crippen LogP contribution in [0.15, 0.2) is 143 Å². The van der Waals surface area contributed by atoms with E-state index in [0.717, 1.165) is 27.3 Å². The lowest BCUT2D eigenvalue weighted by atomic mass is 9.98. The molecule has 8 aromatic rings. The maximum Gasteiger partial charge on any atom is 0.404 e. The van der Waals surface area contributed by atoms with Gasteiger partial charge in [-0.3, -0.25) is 0 Å². The molecule has 72 heavy (non-hydrogen) atoms. The molecule has 19 nitrogen and oxygen atoms in total. The number of primary amides is 1. The minimum atomic E-state index is -5.11. The SMILES string of the molecule is COc1ccc(CN(Cc2ccc(OC)cc2)S(=O)(=O)c2c(S(=O)(=O)NC(COC(N)=O)C(O)Cc3ccccc3)ccc(-c3cccc4sc(C#N)nc34)c2-c2nnn(Cc3ccc(OC)cc3)n2)cc1. The van der Waals surface area contributed by atoms with Gasteiger partial charge in [0.1, 0.15) is 39.7 Å². The second-order valence-electron chi connectivity index (χ2n) is 16.2. The van der Waals surface area contributed by atoms with Crippen molar-refractivity contribution in [3.8, 4) is 45.8 Å². The number of ether oxygens (including phenoxy) is 4. The summed E-state index contributed by atoms with van der Waals surface area (Å²) in [5.74, 6) is 1.36. The van der Waals surface area contributed by atoms with Gasteiger partial charge >= 0.3 is 6.09 Å². The number of hydrogen-bond acceptors (Lipinski definition) is 16. The molecule has 2 aromatic heterocycles. The number of fused-ring (bicyclic) bond motifs is 1. The summed E-state index contributed by atoms with van der Waals surface area (Å²) in [6, 6.07) is 37.3. The highest BCUT2D eigenvalue weighted by molar-refractivity contribution is 7.92. The summed E-state index contributed by atoms with van der Waals surface area (Å²) in [7, 11) is -5.68. The summed E-state index contributed by atoms with van der Waals surface area (Å²) < 4.78 is 88.6. The number of aromatic nitrogens is 5. The van der Waals surface area contributed by atoms with Gasteiger partial charge in [0.15, 0.2) is 5.01 Å². The second kappa shape index (κ2) is 22.1. The number of carbonyl (C=O) groups excluding carboxylic acids is 1. The van der Waals surface area contributed by atoms with E-state index in [1.807, 2.05) is 0 Å². The molecule has 2 heterocycles. The Hall–Kier alpha value is -7.78. The van der Waals surface area contributed by atoms with Crippen molar-refractivity contribution in [2.45, 2.75) is 48.0 Å². The van der Waals surface area contributed by atoms with Crippen LogP contribution >= 0.6 is 11.3 Å². The van der Waals surface area contributed by atoms with Crippen LogP contribution < -0.4 is 24.7 Å². The Morgan fingerprint density at radius 1 is 0.778 bits per heavy atom. The first-order valence-electron chi connectivity index (χ1n) is 22.0. The molecular weight excluding hydrogens is 983 g/mol. The van der Waals surface area contributed by atoms with Crippen LogP contribution in [0.2, 0.25) is 0 Å².